The molecule has 1 saturated carbocycles. The minimum absolute atomic E-state index is 0.0670. The Balaban J connectivity index is 0.000000479. The van der Waals surface area contributed by atoms with Crippen molar-refractivity contribution in [2.75, 3.05) is 32.0 Å². The molecule has 1 aromatic heterocycles. The average molecular weight is 473 g/mol. The van der Waals surface area contributed by atoms with Crippen molar-refractivity contribution in [2.45, 2.75) is 51.7 Å². The monoisotopic (exact) mass is 473 g/mol. The minimum Gasteiger partial charge on any atom is -0.475 e. The van der Waals surface area contributed by atoms with E-state index >= 15 is 0 Å². The van der Waals surface area contributed by atoms with Crippen LogP contribution in [0.25, 0.3) is 0 Å². The number of pyridine rings is 1. The molecule has 0 unspecified atom stereocenters. The summed E-state index contributed by atoms with van der Waals surface area (Å²) in [6, 6.07) is 1.96. The second-order valence-corrected chi connectivity index (χ2v) is 8.29. The number of aliphatic carboxylic acids is 1. The summed E-state index contributed by atoms with van der Waals surface area (Å²) in [7, 11) is 1.65. The first-order valence-electron chi connectivity index (χ1n) is 10.8. The van der Waals surface area contributed by atoms with Gasteiger partial charge in [-0.3, -0.25) is 4.79 Å². The Morgan fingerprint density at radius 2 is 1.82 bits per heavy atom. The molecule has 0 atom stereocenters. The van der Waals surface area contributed by atoms with Gasteiger partial charge in [-0.1, -0.05) is 0 Å². The molecule has 0 bridgehead atoms. The molecule has 33 heavy (non-hydrogen) atoms. The van der Waals surface area contributed by atoms with Crippen molar-refractivity contribution < 1.29 is 32.7 Å². The molecular formula is C21H30F3N5O4. The number of urea groups is 1. The third-order valence-electron chi connectivity index (χ3n) is 5.12. The number of rotatable bonds is 5. The Morgan fingerprint density at radius 3 is 2.33 bits per heavy atom. The van der Waals surface area contributed by atoms with Crippen molar-refractivity contribution in [1.82, 2.24) is 20.5 Å². The third-order valence-corrected chi connectivity index (χ3v) is 5.12. The van der Waals surface area contributed by atoms with Crippen LogP contribution in [0.3, 0.4) is 0 Å². The van der Waals surface area contributed by atoms with Gasteiger partial charge in [0.25, 0.3) is 5.91 Å². The third kappa shape index (κ3) is 8.10. The Hall–Kier alpha value is -3.05. The Labute approximate surface area is 190 Å². The Kier molecular flexibility index (Phi) is 8.89. The van der Waals surface area contributed by atoms with E-state index in [1.54, 1.807) is 11.9 Å². The molecule has 0 spiro atoms. The molecule has 4 N–H and O–H groups in total. The fraction of sp³-hybridized carbons (Fsp3) is 0.619. The number of carbonyl (C=O) groups is 3. The van der Waals surface area contributed by atoms with Gasteiger partial charge in [-0.15, -0.1) is 0 Å². The van der Waals surface area contributed by atoms with Gasteiger partial charge in [-0.2, -0.15) is 13.2 Å². The van der Waals surface area contributed by atoms with Gasteiger partial charge in [-0.25, -0.2) is 14.6 Å². The summed E-state index contributed by atoms with van der Waals surface area (Å²) in [5.41, 5.74) is 2.64. The Morgan fingerprint density at radius 1 is 1.21 bits per heavy atom. The second-order valence-electron chi connectivity index (χ2n) is 8.29. The topological polar surface area (TPSA) is 124 Å². The molecule has 0 saturated heterocycles. The predicted octanol–water partition coefficient (Wildman–Crippen LogP) is 2.41. The number of nitrogens with zero attached hydrogens (tertiary/aromatic N) is 2. The normalized spacial score (nSPS) is 15.5. The summed E-state index contributed by atoms with van der Waals surface area (Å²) in [6.07, 6.45) is -1.19. The molecule has 0 radical (unpaired) electrons. The van der Waals surface area contributed by atoms with E-state index in [4.69, 9.17) is 14.9 Å². The minimum atomic E-state index is -5.08. The van der Waals surface area contributed by atoms with Crippen LogP contribution >= 0.6 is 0 Å². The fourth-order valence-corrected chi connectivity index (χ4v) is 3.21. The van der Waals surface area contributed by atoms with Crippen molar-refractivity contribution in [3.8, 4) is 0 Å². The molecule has 1 aliphatic carbocycles. The van der Waals surface area contributed by atoms with E-state index in [-0.39, 0.29) is 18.0 Å². The van der Waals surface area contributed by atoms with Crippen molar-refractivity contribution in [2.24, 2.45) is 5.92 Å². The van der Waals surface area contributed by atoms with Gasteiger partial charge in [0.05, 0.1) is 5.56 Å². The van der Waals surface area contributed by atoms with Crippen LogP contribution in [0.15, 0.2) is 6.07 Å². The number of carbonyl (C=O) groups excluding carboxylic acids is 2. The maximum atomic E-state index is 12.7. The molecule has 12 heteroatoms. The van der Waals surface area contributed by atoms with Crippen LogP contribution in [0.1, 0.15) is 48.3 Å². The van der Waals surface area contributed by atoms with Crippen LogP contribution in [-0.4, -0.2) is 71.8 Å². The second kappa shape index (κ2) is 11.2. The van der Waals surface area contributed by atoms with Gasteiger partial charge in [0.2, 0.25) is 0 Å². The van der Waals surface area contributed by atoms with E-state index in [1.807, 2.05) is 19.9 Å². The van der Waals surface area contributed by atoms with Crippen molar-refractivity contribution >= 4 is 23.7 Å². The standard InChI is InChI=1S/C19H29N5O2.C2HF3O2/c1-12(2)22-18(25)15-10-14-6-8-24(19(26)20-3)9-7-16(14)23-17(15)21-11-13-4-5-13;3-2(4,5)1(6)7/h10,12-13H,4-9,11H2,1-3H3,(H,20,26)(H,21,23)(H,22,25);(H,6,7). The Bertz CT molecular complexity index is 872. The molecule has 2 aliphatic rings. The van der Waals surface area contributed by atoms with Gasteiger partial charge in [-0.05, 0) is 50.7 Å². The number of alkyl halides is 3. The fourth-order valence-electron chi connectivity index (χ4n) is 3.21. The number of amides is 3. The van der Waals surface area contributed by atoms with E-state index in [0.717, 1.165) is 17.8 Å². The highest BCUT2D eigenvalue weighted by atomic mass is 19.4. The largest absolute Gasteiger partial charge is 0.490 e. The van der Waals surface area contributed by atoms with Gasteiger partial charge in [0.15, 0.2) is 0 Å². The molecule has 1 fully saturated rings. The summed E-state index contributed by atoms with van der Waals surface area (Å²) < 4.78 is 31.7. The summed E-state index contributed by atoms with van der Waals surface area (Å²) in [5, 5.41) is 16.2. The first-order valence-corrected chi connectivity index (χ1v) is 10.8. The maximum Gasteiger partial charge on any atom is 0.490 e. The smallest absolute Gasteiger partial charge is 0.475 e. The molecular weight excluding hydrogens is 443 g/mol. The maximum absolute atomic E-state index is 12.7. The van der Waals surface area contributed by atoms with Crippen molar-refractivity contribution in [3.63, 3.8) is 0 Å². The molecule has 1 aromatic rings. The number of hydrogen-bond donors (Lipinski definition) is 4. The first-order chi connectivity index (χ1) is 15.4. The van der Waals surface area contributed by atoms with Gasteiger partial charge < -0.3 is 26.0 Å². The lowest BCUT2D eigenvalue weighted by molar-refractivity contribution is -0.192. The molecule has 3 rings (SSSR count). The zero-order chi connectivity index (χ0) is 24.8. The summed E-state index contributed by atoms with van der Waals surface area (Å²) in [6.45, 7) is 6.03. The number of carboxylic acid groups (broad SMARTS) is 1. The number of anilines is 1. The zero-order valence-corrected chi connectivity index (χ0v) is 18.9. The lowest BCUT2D eigenvalue weighted by Gasteiger charge is -2.18. The van der Waals surface area contributed by atoms with Crippen molar-refractivity contribution in [3.05, 3.63) is 22.9 Å². The highest BCUT2D eigenvalue weighted by Crippen LogP contribution is 2.30. The van der Waals surface area contributed by atoms with Gasteiger partial charge in [0, 0.05) is 44.8 Å². The number of hydrogen-bond acceptors (Lipinski definition) is 5. The molecule has 1 aliphatic heterocycles. The highest BCUT2D eigenvalue weighted by molar-refractivity contribution is 5.99. The van der Waals surface area contributed by atoms with Crippen LogP contribution in [-0.2, 0) is 17.6 Å². The number of carboxylic acids is 1. The number of halogens is 3. The van der Waals surface area contributed by atoms with E-state index in [9.17, 15) is 22.8 Å². The molecule has 9 nitrogen and oxygen atoms in total. The van der Waals surface area contributed by atoms with Crippen LogP contribution in [0, 0.1) is 5.92 Å². The first kappa shape index (κ1) is 26.2. The number of aromatic nitrogens is 1. The highest BCUT2D eigenvalue weighted by Gasteiger charge is 2.38. The SMILES string of the molecule is CNC(=O)N1CCc2cc(C(=O)NC(C)C)c(NCC3CC3)nc2CC1.O=C(O)C(F)(F)F. The molecule has 0 aromatic carbocycles. The lowest BCUT2D eigenvalue weighted by Crippen LogP contribution is -2.39. The van der Waals surface area contributed by atoms with Crippen molar-refractivity contribution in [1.29, 1.82) is 0 Å². The molecule has 3 amide bonds. The summed E-state index contributed by atoms with van der Waals surface area (Å²) in [5.74, 6) is -1.49. The summed E-state index contributed by atoms with van der Waals surface area (Å²) in [4.78, 5) is 40.1. The van der Waals surface area contributed by atoms with Crippen LogP contribution in [0.2, 0.25) is 0 Å². The predicted molar refractivity (Wildman–Crippen MR) is 115 cm³/mol. The zero-order valence-electron chi connectivity index (χ0n) is 18.9. The summed E-state index contributed by atoms with van der Waals surface area (Å²) >= 11 is 0. The van der Waals surface area contributed by atoms with E-state index in [0.29, 0.717) is 43.2 Å². The number of fused-ring (bicyclic) bond motifs is 1. The number of nitrogens with one attached hydrogen (secondary N) is 3. The molecule has 2 heterocycles. The van der Waals surface area contributed by atoms with Gasteiger partial charge in [0.1, 0.15) is 5.82 Å². The van der Waals surface area contributed by atoms with Gasteiger partial charge >= 0.3 is 18.2 Å². The van der Waals surface area contributed by atoms with Crippen LogP contribution in [0.5, 0.6) is 0 Å². The van der Waals surface area contributed by atoms with Crippen LogP contribution < -0.4 is 16.0 Å². The quantitative estimate of drug-likeness (QED) is 0.521. The lowest BCUT2D eigenvalue weighted by atomic mass is 10.0. The van der Waals surface area contributed by atoms with Crippen LogP contribution in [0.4, 0.5) is 23.8 Å². The molecule has 184 valence electrons. The van der Waals surface area contributed by atoms with E-state index < -0.39 is 12.1 Å². The van der Waals surface area contributed by atoms with E-state index in [2.05, 4.69) is 16.0 Å². The van der Waals surface area contributed by atoms with E-state index in [1.165, 1.54) is 12.8 Å². The average Bonchev–Trinajstić information content (AvgIpc) is 3.57.